The third-order valence-corrected chi connectivity index (χ3v) is 11.2. The second kappa shape index (κ2) is 11.9. The molecule has 0 fully saturated rings. The number of nitrogens with zero attached hydrogens (tertiary/aromatic N) is 4. The number of hydrogen-bond donors (Lipinski definition) is 0. The lowest BCUT2D eigenvalue weighted by atomic mass is 10.00. The van der Waals surface area contributed by atoms with Crippen LogP contribution < -0.4 is 0 Å². The zero-order chi connectivity index (χ0) is 36.7. The Morgan fingerprint density at radius 1 is 0.375 bits per heavy atom. The van der Waals surface area contributed by atoms with Gasteiger partial charge in [0, 0.05) is 38.2 Å². The second-order valence-electron chi connectivity index (χ2n) is 14.4. The molecule has 0 saturated carbocycles. The Balaban J connectivity index is 1.13. The molecule has 0 amide bonds. The van der Waals surface area contributed by atoms with E-state index >= 15 is 0 Å². The van der Waals surface area contributed by atoms with E-state index in [0.29, 0.717) is 17.5 Å². The van der Waals surface area contributed by atoms with Crippen molar-refractivity contribution in [2.24, 2.45) is 0 Å². The maximum atomic E-state index is 6.93. The minimum Gasteiger partial charge on any atom is -0.454 e. The maximum Gasteiger partial charge on any atom is 0.164 e. The summed E-state index contributed by atoms with van der Waals surface area (Å²) in [6.07, 6.45) is 0. The molecule has 0 bridgehead atoms. The molecule has 56 heavy (non-hydrogen) atoms. The normalized spacial score (nSPS) is 11.9. The van der Waals surface area contributed by atoms with Gasteiger partial charge >= 0.3 is 0 Å². The molecule has 0 unspecified atom stereocenters. The minimum atomic E-state index is 0.593. The standard InChI is InChI=1S/C51H30N4O/c1-2-15-34(16-3-1)49-52-50(36-25-24-31-12-4-5-17-35(31)30-36)54-51(53-49)40-21-11-23-44-45(40)39-20-10-22-43(48(39)56-44)55-41-28-26-32-13-6-8-18-37(32)46(41)47-38-19-9-7-14-33(38)27-29-42(47)55/h1-30H. The summed E-state index contributed by atoms with van der Waals surface area (Å²) in [5.74, 6) is 1.83. The van der Waals surface area contributed by atoms with Gasteiger partial charge < -0.3 is 8.98 Å². The van der Waals surface area contributed by atoms with Gasteiger partial charge in [0.1, 0.15) is 5.58 Å². The quantitative estimate of drug-likeness (QED) is 0.182. The molecule has 12 aromatic rings. The van der Waals surface area contributed by atoms with Crippen LogP contribution in [0.3, 0.4) is 0 Å². The number of hydrogen-bond acceptors (Lipinski definition) is 4. The van der Waals surface area contributed by atoms with Crippen LogP contribution in [-0.4, -0.2) is 19.5 Å². The first kappa shape index (κ1) is 30.8. The Hall–Kier alpha value is -7.63. The number of furan rings is 1. The summed E-state index contributed by atoms with van der Waals surface area (Å²) >= 11 is 0. The van der Waals surface area contributed by atoms with Gasteiger partial charge in [-0.15, -0.1) is 0 Å². The predicted molar refractivity (Wildman–Crippen MR) is 230 cm³/mol. The van der Waals surface area contributed by atoms with E-state index in [1.54, 1.807) is 0 Å². The summed E-state index contributed by atoms with van der Waals surface area (Å²) in [5, 5.41) is 11.6. The molecule has 0 radical (unpaired) electrons. The van der Waals surface area contributed by atoms with Gasteiger partial charge in [-0.3, -0.25) is 0 Å². The summed E-state index contributed by atoms with van der Waals surface area (Å²) in [6.45, 7) is 0. The smallest absolute Gasteiger partial charge is 0.164 e. The third-order valence-electron chi connectivity index (χ3n) is 11.2. The topological polar surface area (TPSA) is 56.7 Å². The van der Waals surface area contributed by atoms with Gasteiger partial charge in [-0.25, -0.2) is 15.0 Å². The molecule has 0 aliphatic heterocycles. The van der Waals surface area contributed by atoms with Crippen molar-refractivity contribution < 1.29 is 4.42 Å². The molecule has 0 saturated heterocycles. The summed E-state index contributed by atoms with van der Waals surface area (Å²) in [5.41, 5.74) is 7.57. The summed E-state index contributed by atoms with van der Waals surface area (Å²) in [7, 11) is 0. The molecule has 0 aliphatic carbocycles. The van der Waals surface area contributed by atoms with Crippen LogP contribution in [0.2, 0.25) is 0 Å². The lowest BCUT2D eigenvalue weighted by Crippen LogP contribution is -2.00. The summed E-state index contributed by atoms with van der Waals surface area (Å²) in [6, 6.07) is 63.8. The average Bonchev–Trinajstić information content (AvgIpc) is 3.83. The Morgan fingerprint density at radius 3 is 1.68 bits per heavy atom. The van der Waals surface area contributed by atoms with Crippen molar-refractivity contribution >= 4 is 76.1 Å². The Morgan fingerprint density at radius 2 is 0.946 bits per heavy atom. The van der Waals surface area contributed by atoms with Gasteiger partial charge in [0.05, 0.1) is 16.7 Å². The maximum absolute atomic E-state index is 6.93. The molecule has 0 N–H and O–H groups in total. The van der Waals surface area contributed by atoms with Gasteiger partial charge in [0.25, 0.3) is 0 Å². The first-order valence-electron chi connectivity index (χ1n) is 18.9. The molecule has 3 aromatic heterocycles. The second-order valence-corrected chi connectivity index (χ2v) is 14.4. The monoisotopic (exact) mass is 714 g/mol. The van der Waals surface area contributed by atoms with Gasteiger partial charge in [0.15, 0.2) is 23.1 Å². The van der Waals surface area contributed by atoms with Crippen molar-refractivity contribution in [2.45, 2.75) is 0 Å². The minimum absolute atomic E-state index is 0.593. The first-order chi connectivity index (χ1) is 27.8. The molecular formula is C51H30N4O. The van der Waals surface area contributed by atoms with E-state index in [0.717, 1.165) is 60.7 Å². The molecule has 5 nitrogen and oxygen atoms in total. The third kappa shape index (κ3) is 4.58. The Kier molecular flexibility index (Phi) is 6.56. The van der Waals surface area contributed by atoms with Crippen LogP contribution in [0.25, 0.3) is 116 Å². The van der Waals surface area contributed by atoms with E-state index in [4.69, 9.17) is 19.4 Å². The molecular weight excluding hydrogens is 685 g/mol. The van der Waals surface area contributed by atoms with Crippen molar-refractivity contribution in [3.63, 3.8) is 0 Å². The Bertz CT molecular complexity index is 3450. The van der Waals surface area contributed by atoms with Gasteiger partial charge in [-0.2, -0.15) is 0 Å². The number of para-hydroxylation sites is 1. The fraction of sp³-hybridized carbons (Fsp3) is 0. The molecule has 9 aromatic carbocycles. The summed E-state index contributed by atoms with van der Waals surface area (Å²) < 4.78 is 9.31. The Labute approximate surface area is 320 Å². The first-order valence-corrected chi connectivity index (χ1v) is 18.9. The van der Waals surface area contributed by atoms with Crippen LogP contribution >= 0.6 is 0 Å². The lowest BCUT2D eigenvalue weighted by molar-refractivity contribution is 0.666. The van der Waals surface area contributed by atoms with Crippen LogP contribution in [0.15, 0.2) is 186 Å². The number of aromatic nitrogens is 4. The van der Waals surface area contributed by atoms with E-state index < -0.39 is 0 Å². The van der Waals surface area contributed by atoms with Gasteiger partial charge in [-0.05, 0) is 62.6 Å². The molecule has 5 heteroatoms. The van der Waals surface area contributed by atoms with Crippen molar-refractivity contribution in [3.8, 4) is 39.9 Å². The van der Waals surface area contributed by atoms with Crippen LogP contribution in [0.1, 0.15) is 0 Å². The zero-order valence-corrected chi connectivity index (χ0v) is 30.0. The highest BCUT2D eigenvalue weighted by atomic mass is 16.3. The summed E-state index contributed by atoms with van der Waals surface area (Å²) in [4.78, 5) is 15.4. The van der Waals surface area contributed by atoms with E-state index in [9.17, 15) is 0 Å². The van der Waals surface area contributed by atoms with Crippen molar-refractivity contribution in [1.29, 1.82) is 0 Å². The largest absolute Gasteiger partial charge is 0.454 e. The molecule has 0 spiro atoms. The fourth-order valence-corrected chi connectivity index (χ4v) is 8.67. The van der Waals surface area contributed by atoms with Crippen molar-refractivity contribution in [2.75, 3.05) is 0 Å². The highest BCUT2D eigenvalue weighted by Crippen LogP contribution is 2.44. The average molecular weight is 715 g/mol. The molecule has 3 heterocycles. The van der Waals surface area contributed by atoms with E-state index in [1.807, 2.05) is 42.5 Å². The lowest BCUT2D eigenvalue weighted by Gasteiger charge is -2.10. The number of fused-ring (bicyclic) bond motifs is 11. The molecule has 0 aliphatic rings. The molecule has 0 atom stereocenters. The number of rotatable bonds is 4. The van der Waals surface area contributed by atoms with Crippen LogP contribution in [-0.2, 0) is 0 Å². The van der Waals surface area contributed by atoms with Crippen molar-refractivity contribution in [1.82, 2.24) is 19.5 Å². The van der Waals surface area contributed by atoms with Crippen LogP contribution in [0.4, 0.5) is 0 Å². The SMILES string of the molecule is c1ccc(-c2nc(-c3ccc4ccccc4c3)nc(-c3cccc4oc5c(-n6c7ccc8ccccc8c7c7c8ccccc8ccc76)cccc5c34)n2)cc1. The highest BCUT2D eigenvalue weighted by Gasteiger charge is 2.23. The van der Waals surface area contributed by atoms with E-state index in [1.165, 1.54) is 37.7 Å². The molecule has 12 rings (SSSR count). The van der Waals surface area contributed by atoms with Gasteiger partial charge in [-0.1, -0.05) is 152 Å². The van der Waals surface area contributed by atoms with E-state index in [2.05, 4.69) is 144 Å². The van der Waals surface area contributed by atoms with Crippen LogP contribution in [0.5, 0.6) is 0 Å². The van der Waals surface area contributed by atoms with Crippen molar-refractivity contribution in [3.05, 3.63) is 182 Å². The molecule has 260 valence electrons. The highest BCUT2D eigenvalue weighted by molar-refractivity contribution is 6.29. The zero-order valence-electron chi connectivity index (χ0n) is 30.0. The number of benzene rings is 9. The van der Waals surface area contributed by atoms with Crippen LogP contribution in [0, 0.1) is 0 Å². The fourth-order valence-electron chi connectivity index (χ4n) is 8.67. The van der Waals surface area contributed by atoms with E-state index in [-0.39, 0.29) is 0 Å². The van der Waals surface area contributed by atoms with Gasteiger partial charge in [0.2, 0.25) is 0 Å². The predicted octanol–water partition coefficient (Wildman–Crippen LogP) is 13.3.